The van der Waals surface area contributed by atoms with Crippen molar-refractivity contribution < 1.29 is 18.7 Å². The summed E-state index contributed by atoms with van der Waals surface area (Å²) >= 11 is 6.52. The Labute approximate surface area is 166 Å². The van der Waals surface area contributed by atoms with Gasteiger partial charge in [-0.1, -0.05) is 48.0 Å². The van der Waals surface area contributed by atoms with Crippen molar-refractivity contribution in [3.8, 4) is 5.75 Å². The zero-order chi connectivity index (χ0) is 19.8. The Morgan fingerprint density at radius 2 is 1.86 bits per heavy atom. The van der Waals surface area contributed by atoms with Gasteiger partial charge in [0, 0.05) is 21.4 Å². The highest BCUT2D eigenvalue weighted by molar-refractivity contribution is 6.36. The number of halogens is 2. The first-order chi connectivity index (χ1) is 13.5. The Bertz CT molecular complexity index is 1110. The van der Waals surface area contributed by atoms with E-state index in [2.05, 4.69) is 0 Å². The number of esters is 1. The van der Waals surface area contributed by atoms with E-state index >= 15 is 0 Å². The summed E-state index contributed by atoms with van der Waals surface area (Å²) < 4.78 is 24.6. The highest BCUT2D eigenvalue weighted by atomic mass is 35.5. The molecule has 0 fully saturated rings. The Hall–Kier alpha value is -3.05. The monoisotopic (exact) mass is 397 g/mol. The van der Waals surface area contributed by atoms with Crippen molar-refractivity contribution >= 4 is 28.3 Å². The molecule has 3 aromatic carbocycles. The maximum Gasteiger partial charge on any atom is 0.340 e. The number of carbonyl (C=O) groups excluding carboxylic acids is 1. The molecule has 0 amide bonds. The Kier molecular flexibility index (Phi) is 4.69. The van der Waals surface area contributed by atoms with Crippen LogP contribution in [0.15, 0.2) is 66.1 Å². The molecular formula is C22H17ClFNO3. The molecule has 0 saturated heterocycles. The largest absolute Gasteiger partial charge is 0.462 e. The van der Waals surface area contributed by atoms with E-state index in [0.29, 0.717) is 21.9 Å². The van der Waals surface area contributed by atoms with Gasteiger partial charge in [-0.2, -0.15) is 0 Å². The molecule has 0 saturated carbocycles. The number of nitrogens with two attached hydrogens (primary N) is 1. The predicted octanol–water partition coefficient (Wildman–Crippen LogP) is 4.89. The van der Waals surface area contributed by atoms with Crippen LogP contribution in [0.2, 0.25) is 5.02 Å². The highest BCUT2D eigenvalue weighted by Crippen LogP contribution is 2.47. The van der Waals surface area contributed by atoms with Gasteiger partial charge in [-0.25, -0.2) is 9.18 Å². The second kappa shape index (κ2) is 7.17. The molecule has 3 aromatic rings. The SMILES string of the molecule is CCOC(=O)C1=C(N)Oc2c(cc(Cl)c3ccccc23)[C@H]1c1ccc(F)cc1. The highest BCUT2D eigenvalue weighted by Gasteiger charge is 2.36. The van der Waals surface area contributed by atoms with Crippen molar-refractivity contribution in [2.24, 2.45) is 5.73 Å². The van der Waals surface area contributed by atoms with Crippen LogP contribution >= 0.6 is 11.6 Å². The molecule has 0 spiro atoms. The van der Waals surface area contributed by atoms with E-state index in [4.69, 9.17) is 26.8 Å². The molecule has 4 nitrogen and oxygen atoms in total. The number of fused-ring (bicyclic) bond motifs is 3. The normalized spacial score (nSPS) is 15.9. The zero-order valence-electron chi connectivity index (χ0n) is 15.0. The summed E-state index contributed by atoms with van der Waals surface area (Å²) in [5.74, 6) is -1.05. The third-order valence-corrected chi connectivity index (χ3v) is 5.06. The number of carbonyl (C=O) groups is 1. The molecule has 28 heavy (non-hydrogen) atoms. The molecule has 0 aromatic heterocycles. The van der Waals surface area contributed by atoms with Gasteiger partial charge in [0.15, 0.2) is 0 Å². The fraction of sp³-hybridized carbons (Fsp3) is 0.136. The molecule has 1 aliphatic rings. The van der Waals surface area contributed by atoms with E-state index < -0.39 is 11.9 Å². The van der Waals surface area contributed by atoms with Crippen LogP contribution in [0.5, 0.6) is 5.75 Å². The van der Waals surface area contributed by atoms with Gasteiger partial charge in [0.05, 0.1) is 12.5 Å². The van der Waals surface area contributed by atoms with Gasteiger partial charge < -0.3 is 15.2 Å². The van der Waals surface area contributed by atoms with Crippen LogP contribution in [0.25, 0.3) is 10.8 Å². The molecule has 4 rings (SSSR count). The van der Waals surface area contributed by atoms with E-state index in [0.717, 1.165) is 10.8 Å². The van der Waals surface area contributed by atoms with Gasteiger partial charge in [-0.05, 0) is 30.7 Å². The summed E-state index contributed by atoms with van der Waals surface area (Å²) in [5, 5.41) is 2.12. The van der Waals surface area contributed by atoms with E-state index in [1.54, 1.807) is 25.1 Å². The molecule has 142 valence electrons. The number of hydrogen-bond acceptors (Lipinski definition) is 4. The van der Waals surface area contributed by atoms with Crippen molar-refractivity contribution in [3.63, 3.8) is 0 Å². The van der Waals surface area contributed by atoms with Gasteiger partial charge in [-0.3, -0.25) is 0 Å². The average Bonchev–Trinajstić information content (AvgIpc) is 2.69. The standard InChI is InChI=1S/C22H17ClFNO3/c1-2-27-22(26)19-18(12-7-9-13(24)10-8-12)16-11-17(23)14-5-3-4-6-15(14)20(16)28-21(19)25/h3-11,18H,2,25H2,1H3/t18-/m1/s1. The lowest BCUT2D eigenvalue weighted by atomic mass is 9.82. The first-order valence-corrected chi connectivity index (χ1v) is 9.20. The van der Waals surface area contributed by atoms with Gasteiger partial charge >= 0.3 is 5.97 Å². The molecule has 1 heterocycles. The van der Waals surface area contributed by atoms with Crippen LogP contribution in [0.3, 0.4) is 0 Å². The Morgan fingerprint density at radius 3 is 2.54 bits per heavy atom. The Balaban J connectivity index is 2.01. The zero-order valence-corrected chi connectivity index (χ0v) is 15.8. The minimum atomic E-state index is -0.592. The maximum atomic E-state index is 13.5. The summed E-state index contributed by atoms with van der Waals surface area (Å²) in [7, 11) is 0. The molecule has 0 aliphatic carbocycles. The van der Waals surface area contributed by atoms with Crippen LogP contribution in [0, 0.1) is 5.82 Å². The molecule has 0 radical (unpaired) electrons. The maximum absolute atomic E-state index is 13.5. The number of ether oxygens (including phenoxy) is 2. The van der Waals surface area contributed by atoms with Crippen molar-refractivity contribution in [2.45, 2.75) is 12.8 Å². The average molecular weight is 398 g/mol. The topological polar surface area (TPSA) is 61.5 Å². The van der Waals surface area contributed by atoms with Crippen molar-refractivity contribution in [3.05, 3.63) is 88.0 Å². The van der Waals surface area contributed by atoms with Crippen LogP contribution < -0.4 is 10.5 Å². The van der Waals surface area contributed by atoms with Gasteiger partial charge in [-0.15, -0.1) is 0 Å². The van der Waals surface area contributed by atoms with Gasteiger partial charge in [0.2, 0.25) is 5.88 Å². The minimum Gasteiger partial charge on any atom is -0.462 e. The number of rotatable bonds is 3. The smallest absolute Gasteiger partial charge is 0.340 e. The van der Waals surface area contributed by atoms with Gasteiger partial charge in [0.1, 0.15) is 17.1 Å². The number of hydrogen-bond donors (Lipinski definition) is 1. The molecule has 2 N–H and O–H groups in total. The van der Waals surface area contributed by atoms with Gasteiger partial charge in [0.25, 0.3) is 0 Å². The first-order valence-electron chi connectivity index (χ1n) is 8.82. The Morgan fingerprint density at radius 1 is 1.18 bits per heavy atom. The van der Waals surface area contributed by atoms with E-state index in [1.165, 1.54) is 12.1 Å². The lowest BCUT2D eigenvalue weighted by Crippen LogP contribution is -2.27. The summed E-state index contributed by atoms with van der Waals surface area (Å²) in [5.41, 5.74) is 7.69. The van der Waals surface area contributed by atoms with Crippen LogP contribution in [-0.2, 0) is 9.53 Å². The molecular weight excluding hydrogens is 381 g/mol. The van der Waals surface area contributed by atoms with Crippen LogP contribution in [0.4, 0.5) is 4.39 Å². The summed E-state index contributed by atoms with van der Waals surface area (Å²) in [6.45, 7) is 1.90. The fourth-order valence-electron chi connectivity index (χ4n) is 3.54. The van der Waals surface area contributed by atoms with E-state index in [1.807, 2.05) is 24.3 Å². The molecule has 0 unspecified atom stereocenters. The predicted molar refractivity (Wildman–Crippen MR) is 106 cm³/mol. The van der Waals surface area contributed by atoms with Crippen molar-refractivity contribution in [1.29, 1.82) is 0 Å². The fourth-order valence-corrected chi connectivity index (χ4v) is 3.83. The molecule has 6 heteroatoms. The van der Waals surface area contributed by atoms with Crippen molar-refractivity contribution in [1.82, 2.24) is 0 Å². The third kappa shape index (κ3) is 2.98. The molecule has 1 atom stereocenters. The molecule has 1 aliphatic heterocycles. The lowest BCUT2D eigenvalue weighted by molar-refractivity contribution is -0.139. The van der Waals surface area contributed by atoms with Crippen molar-refractivity contribution in [2.75, 3.05) is 6.61 Å². The third-order valence-electron chi connectivity index (χ3n) is 4.75. The summed E-state index contributed by atoms with van der Waals surface area (Å²) in [4.78, 5) is 12.7. The quantitative estimate of drug-likeness (QED) is 0.639. The lowest BCUT2D eigenvalue weighted by Gasteiger charge is -2.29. The summed E-state index contributed by atoms with van der Waals surface area (Å²) in [6.07, 6.45) is 0. The van der Waals surface area contributed by atoms with Crippen LogP contribution in [-0.4, -0.2) is 12.6 Å². The van der Waals surface area contributed by atoms with E-state index in [-0.39, 0.29) is 23.9 Å². The second-order valence-electron chi connectivity index (χ2n) is 6.41. The minimum absolute atomic E-state index is 0.0345. The summed E-state index contributed by atoms with van der Waals surface area (Å²) in [6, 6.07) is 15.2. The van der Waals surface area contributed by atoms with E-state index in [9.17, 15) is 9.18 Å². The first kappa shape index (κ1) is 18.3. The second-order valence-corrected chi connectivity index (χ2v) is 6.81. The van der Waals surface area contributed by atoms with Crippen LogP contribution in [0.1, 0.15) is 24.0 Å². The number of benzene rings is 3. The molecule has 0 bridgehead atoms.